The topological polar surface area (TPSA) is 81.8 Å². The molecule has 0 aliphatic carbocycles. The van der Waals surface area contributed by atoms with Gasteiger partial charge in [-0.05, 0) is 50.6 Å². The van der Waals surface area contributed by atoms with Gasteiger partial charge in [0, 0.05) is 17.9 Å². The molecule has 0 atom stereocenters. The van der Waals surface area contributed by atoms with Crippen LogP contribution < -0.4 is 16.7 Å². The quantitative estimate of drug-likeness (QED) is 0.685. The molecule has 10 heteroatoms. The fourth-order valence-corrected chi connectivity index (χ4v) is 2.84. The standard InChI is InChI=1S/C20H20F3N5O2/c1-12(2)28-18(29)26-17(25-15-6-4-5-14(9-15)20(21,22)23)27(19(28)30)11-16-8-7-13(3)10-24-16/h4-10,12H,11H2,1-3H3,(H,25,26,29). The number of rotatable bonds is 5. The number of benzene rings is 1. The highest BCUT2D eigenvalue weighted by Gasteiger charge is 2.30. The molecular weight excluding hydrogens is 399 g/mol. The molecule has 3 rings (SSSR count). The van der Waals surface area contributed by atoms with Gasteiger partial charge in [-0.1, -0.05) is 12.1 Å². The molecule has 0 fully saturated rings. The Balaban J connectivity index is 2.10. The van der Waals surface area contributed by atoms with Gasteiger partial charge in [0.05, 0.1) is 17.8 Å². The van der Waals surface area contributed by atoms with Gasteiger partial charge >= 0.3 is 17.6 Å². The van der Waals surface area contributed by atoms with Crippen LogP contribution in [-0.4, -0.2) is 19.1 Å². The van der Waals surface area contributed by atoms with E-state index in [4.69, 9.17) is 0 Å². The van der Waals surface area contributed by atoms with Crippen molar-refractivity contribution in [3.05, 3.63) is 80.4 Å². The zero-order chi connectivity index (χ0) is 22.1. The minimum atomic E-state index is -4.53. The van der Waals surface area contributed by atoms with Crippen LogP contribution in [0.15, 0.2) is 52.2 Å². The zero-order valence-electron chi connectivity index (χ0n) is 16.6. The summed E-state index contributed by atoms with van der Waals surface area (Å²) in [5, 5.41) is 2.68. The number of halogens is 3. The van der Waals surface area contributed by atoms with Crippen LogP contribution >= 0.6 is 0 Å². The Morgan fingerprint density at radius 1 is 1.13 bits per heavy atom. The highest BCUT2D eigenvalue weighted by molar-refractivity contribution is 5.55. The van der Waals surface area contributed by atoms with E-state index in [-0.39, 0.29) is 18.2 Å². The number of hydrogen-bond donors (Lipinski definition) is 1. The fraction of sp³-hybridized carbons (Fsp3) is 0.300. The van der Waals surface area contributed by atoms with Crippen LogP contribution in [0.25, 0.3) is 0 Å². The molecule has 1 N–H and O–H groups in total. The maximum atomic E-state index is 13.0. The molecular formula is C20H20F3N5O2. The lowest BCUT2D eigenvalue weighted by Gasteiger charge is -2.17. The van der Waals surface area contributed by atoms with E-state index < -0.39 is 29.2 Å². The van der Waals surface area contributed by atoms with Crippen LogP contribution in [0.5, 0.6) is 0 Å². The minimum Gasteiger partial charge on any atom is -0.325 e. The van der Waals surface area contributed by atoms with Gasteiger partial charge in [0.2, 0.25) is 5.95 Å². The third-order valence-corrected chi connectivity index (χ3v) is 4.36. The Morgan fingerprint density at radius 3 is 2.47 bits per heavy atom. The molecule has 0 saturated heterocycles. The van der Waals surface area contributed by atoms with Crippen LogP contribution in [0.1, 0.15) is 36.7 Å². The number of aryl methyl sites for hydroxylation is 1. The van der Waals surface area contributed by atoms with Crippen LogP contribution in [0.3, 0.4) is 0 Å². The van der Waals surface area contributed by atoms with Crippen molar-refractivity contribution in [1.29, 1.82) is 0 Å². The molecule has 0 amide bonds. The number of aromatic nitrogens is 4. The average Bonchev–Trinajstić information content (AvgIpc) is 2.65. The van der Waals surface area contributed by atoms with Crippen molar-refractivity contribution in [2.75, 3.05) is 5.32 Å². The number of anilines is 2. The number of hydrogen-bond acceptors (Lipinski definition) is 5. The lowest BCUT2D eigenvalue weighted by atomic mass is 10.2. The molecule has 0 saturated carbocycles. The summed E-state index contributed by atoms with van der Waals surface area (Å²) >= 11 is 0. The molecule has 2 aromatic heterocycles. The van der Waals surface area contributed by atoms with E-state index in [1.165, 1.54) is 16.7 Å². The van der Waals surface area contributed by atoms with Gasteiger partial charge in [-0.25, -0.2) is 14.2 Å². The molecule has 0 aliphatic heterocycles. The second-order valence-electron chi connectivity index (χ2n) is 7.08. The fourth-order valence-electron chi connectivity index (χ4n) is 2.84. The molecule has 0 aliphatic rings. The van der Waals surface area contributed by atoms with E-state index in [1.807, 2.05) is 13.0 Å². The molecule has 1 aromatic carbocycles. The first-order valence-electron chi connectivity index (χ1n) is 9.15. The van der Waals surface area contributed by atoms with Gasteiger partial charge in [0.15, 0.2) is 0 Å². The predicted octanol–water partition coefficient (Wildman–Crippen LogP) is 3.50. The van der Waals surface area contributed by atoms with Gasteiger partial charge < -0.3 is 5.32 Å². The molecule has 3 aromatic rings. The monoisotopic (exact) mass is 419 g/mol. The number of nitrogens with one attached hydrogen (secondary N) is 1. The van der Waals surface area contributed by atoms with Crippen molar-refractivity contribution in [2.45, 2.75) is 39.5 Å². The van der Waals surface area contributed by atoms with E-state index in [0.717, 1.165) is 22.3 Å². The third-order valence-electron chi connectivity index (χ3n) is 4.36. The van der Waals surface area contributed by atoms with Gasteiger partial charge in [0.1, 0.15) is 0 Å². The molecule has 30 heavy (non-hydrogen) atoms. The summed E-state index contributed by atoms with van der Waals surface area (Å²) in [4.78, 5) is 33.5. The van der Waals surface area contributed by atoms with Crippen LogP contribution in [-0.2, 0) is 12.7 Å². The summed E-state index contributed by atoms with van der Waals surface area (Å²) in [5.74, 6) is -0.163. The van der Waals surface area contributed by atoms with Gasteiger partial charge in [-0.2, -0.15) is 18.2 Å². The lowest BCUT2D eigenvalue weighted by molar-refractivity contribution is -0.137. The largest absolute Gasteiger partial charge is 0.416 e. The highest BCUT2D eigenvalue weighted by Crippen LogP contribution is 2.31. The number of pyridine rings is 1. The Hall–Kier alpha value is -3.43. The summed E-state index contributed by atoms with van der Waals surface area (Å²) in [6.07, 6.45) is -2.90. The average molecular weight is 419 g/mol. The minimum absolute atomic E-state index is 0.0135. The Kier molecular flexibility index (Phi) is 5.77. The zero-order valence-corrected chi connectivity index (χ0v) is 16.6. The molecule has 7 nitrogen and oxygen atoms in total. The van der Waals surface area contributed by atoms with E-state index in [0.29, 0.717) is 5.69 Å². The van der Waals surface area contributed by atoms with Crippen LogP contribution in [0, 0.1) is 6.92 Å². The molecule has 0 bridgehead atoms. The first kappa shape index (κ1) is 21.3. The molecule has 158 valence electrons. The lowest BCUT2D eigenvalue weighted by Crippen LogP contribution is -2.43. The molecule has 0 spiro atoms. The normalized spacial score (nSPS) is 11.7. The third kappa shape index (κ3) is 4.58. The van der Waals surface area contributed by atoms with E-state index >= 15 is 0 Å². The van der Waals surface area contributed by atoms with E-state index in [1.54, 1.807) is 26.1 Å². The van der Waals surface area contributed by atoms with Crippen molar-refractivity contribution in [3.63, 3.8) is 0 Å². The predicted molar refractivity (Wildman–Crippen MR) is 106 cm³/mol. The number of nitrogens with zero attached hydrogens (tertiary/aromatic N) is 4. The van der Waals surface area contributed by atoms with Crippen molar-refractivity contribution in [1.82, 2.24) is 19.1 Å². The van der Waals surface area contributed by atoms with Gasteiger partial charge in [-0.3, -0.25) is 9.55 Å². The summed E-state index contributed by atoms with van der Waals surface area (Å²) in [6, 6.07) is 7.53. The van der Waals surface area contributed by atoms with E-state index in [2.05, 4.69) is 15.3 Å². The summed E-state index contributed by atoms with van der Waals surface area (Å²) in [5.41, 5.74) is -0.787. The maximum Gasteiger partial charge on any atom is 0.416 e. The Morgan fingerprint density at radius 2 is 1.87 bits per heavy atom. The highest BCUT2D eigenvalue weighted by atomic mass is 19.4. The summed E-state index contributed by atoms with van der Waals surface area (Å²) < 4.78 is 41.2. The first-order valence-corrected chi connectivity index (χ1v) is 9.15. The summed E-state index contributed by atoms with van der Waals surface area (Å²) in [6.45, 7) is 5.18. The summed E-state index contributed by atoms with van der Waals surface area (Å²) in [7, 11) is 0. The molecule has 2 heterocycles. The van der Waals surface area contributed by atoms with E-state index in [9.17, 15) is 22.8 Å². The first-order chi connectivity index (χ1) is 14.1. The van der Waals surface area contributed by atoms with Crippen molar-refractivity contribution < 1.29 is 13.2 Å². The Bertz CT molecular complexity index is 1160. The van der Waals surface area contributed by atoms with Crippen molar-refractivity contribution in [3.8, 4) is 0 Å². The second kappa shape index (κ2) is 8.13. The van der Waals surface area contributed by atoms with Crippen molar-refractivity contribution in [2.24, 2.45) is 0 Å². The number of alkyl halides is 3. The van der Waals surface area contributed by atoms with Crippen LogP contribution in [0.2, 0.25) is 0 Å². The van der Waals surface area contributed by atoms with Crippen LogP contribution in [0.4, 0.5) is 24.8 Å². The van der Waals surface area contributed by atoms with Gasteiger partial charge in [-0.15, -0.1) is 0 Å². The smallest absolute Gasteiger partial charge is 0.325 e. The van der Waals surface area contributed by atoms with Crippen molar-refractivity contribution >= 4 is 11.6 Å². The Labute approximate surface area is 169 Å². The molecule has 0 radical (unpaired) electrons. The van der Waals surface area contributed by atoms with Gasteiger partial charge in [0.25, 0.3) is 0 Å². The molecule has 0 unspecified atom stereocenters. The second-order valence-corrected chi connectivity index (χ2v) is 7.08. The maximum absolute atomic E-state index is 13.0. The SMILES string of the molecule is Cc1ccc(Cn2c(Nc3cccc(C(F)(F)F)c3)nc(=O)n(C(C)C)c2=O)nc1.